The first kappa shape index (κ1) is 18.7. The van der Waals surface area contributed by atoms with Crippen molar-refractivity contribution in [2.75, 3.05) is 7.05 Å². The number of aromatic nitrogens is 1. The van der Waals surface area contributed by atoms with Gasteiger partial charge in [0.15, 0.2) is 11.7 Å². The molecule has 0 saturated heterocycles. The van der Waals surface area contributed by atoms with Crippen LogP contribution in [0.2, 0.25) is 0 Å². The zero-order valence-electron chi connectivity index (χ0n) is 13.0. The van der Waals surface area contributed by atoms with Gasteiger partial charge in [0.1, 0.15) is 5.01 Å². The van der Waals surface area contributed by atoms with E-state index < -0.39 is 11.9 Å². The Hall–Kier alpha value is -1.61. The van der Waals surface area contributed by atoms with Crippen LogP contribution in [0.1, 0.15) is 21.8 Å². The number of thiazole rings is 1. The summed E-state index contributed by atoms with van der Waals surface area (Å²) in [5, 5.41) is 7.46. The van der Waals surface area contributed by atoms with Crippen molar-refractivity contribution in [3.8, 4) is 0 Å². The number of rotatable bonds is 4. The Bertz CT molecular complexity index is 728. The molecule has 0 unspecified atom stereocenters. The van der Waals surface area contributed by atoms with Crippen molar-refractivity contribution in [3.05, 3.63) is 49.9 Å². The Kier molecular flexibility index (Phi) is 6.22. The molecule has 0 radical (unpaired) electrons. The van der Waals surface area contributed by atoms with E-state index in [2.05, 4.69) is 36.5 Å². The minimum Gasteiger partial charge on any atom is -0.352 e. The Morgan fingerprint density at radius 1 is 1.29 bits per heavy atom. The summed E-state index contributed by atoms with van der Waals surface area (Å²) in [6, 6.07) is 5.96. The largest absolute Gasteiger partial charge is 0.434 e. The third-order valence-electron chi connectivity index (χ3n) is 3.22. The first-order valence-electron chi connectivity index (χ1n) is 7.00. The molecule has 0 aliphatic rings. The number of nitrogens with one attached hydrogen (secondary N) is 2. The first-order chi connectivity index (χ1) is 11.3. The van der Waals surface area contributed by atoms with Gasteiger partial charge in [-0.15, -0.1) is 11.3 Å². The van der Waals surface area contributed by atoms with Gasteiger partial charge in [-0.05, 0) is 30.2 Å². The predicted molar refractivity (Wildman–Crippen MR) is 93.0 cm³/mol. The van der Waals surface area contributed by atoms with Gasteiger partial charge in [-0.2, -0.15) is 13.2 Å². The van der Waals surface area contributed by atoms with E-state index in [9.17, 15) is 13.2 Å². The van der Waals surface area contributed by atoms with E-state index in [0.717, 1.165) is 32.3 Å². The minimum atomic E-state index is -4.41. The SMILES string of the molecule is CN=C(NCc1nc(C(F)(F)F)cs1)NCc1ccc(Br)cc1C. The minimum absolute atomic E-state index is 0.180. The summed E-state index contributed by atoms with van der Waals surface area (Å²) >= 11 is 4.38. The Balaban J connectivity index is 1.90. The first-order valence-corrected chi connectivity index (χ1v) is 8.68. The summed E-state index contributed by atoms with van der Waals surface area (Å²) in [5.41, 5.74) is 1.37. The number of nitrogens with zero attached hydrogens (tertiary/aromatic N) is 2. The lowest BCUT2D eigenvalue weighted by atomic mass is 10.1. The number of guanidine groups is 1. The highest BCUT2D eigenvalue weighted by Gasteiger charge is 2.33. The smallest absolute Gasteiger partial charge is 0.352 e. The van der Waals surface area contributed by atoms with Crippen LogP contribution in [-0.2, 0) is 19.3 Å². The van der Waals surface area contributed by atoms with Gasteiger partial charge < -0.3 is 10.6 Å². The van der Waals surface area contributed by atoms with Gasteiger partial charge in [0.25, 0.3) is 0 Å². The van der Waals surface area contributed by atoms with Gasteiger partial charge >= 0.3 is 6.18 Å². The average molecular weight is 421 g/mol. The summed E-state index contributed by atoms with van der Waals surface area (Å²) in [6.07, 6.45) is -4.41. The number of alkyl halides is 3. The highest BCUT2D eigenvalue weighted by Crippen LogP contribution is 2.29. The van der Waals surface area contributed by atoms with Crippen molar-refractivity contribution in [2.45, 2.75) is 26.2 Å². The van der Waals surface area contributed by atoms with Crippen molar-refractivity contribution >= 4 is 33.2 Å². The highest BCUT2D eigenvalue weighted by atomic mass is 79.9. The second kappa shape index (κ2) is 7.98. The lowest BCUT2D eigenvalue weighted by Crippen LogP contribution is -2.36. The molecule has 2 aromatic rings. The molecule has 0 aliphatic heterocycles. The molecule has 0 saturated carbocycles. The van der Waals surface area contributed by atoms with Crippen LogP contribution in [0.3, 0.4) is 0 Å². The molecule has 130 valence electrons. The highest BCUT2D eigenvalue weighted by molar-refractivity contribution is 9.10. The van der Waals surface area contributed by atoms with E-state index in [1.807, 2.05) is 25.1 Å². The number of aryl methyl sites for hydroxylation is 1. The molecule has 0 spiro atoms. The number of hydrogen-bond donors (Lipinski definition) is 2. The van der Waals surface area contributed by atoms with E-state index >= 15 is 0 Å². The third kappa shape index (κ3) is 5.20. The van der Waals surface area contributed by atoms with Gasteiger partial charge in [0.05, 0.1) is 6.54 Å². The summed E-state index contributed by atoms with van der Waals surface area (Å²) in [6.45, 7) is 2.75. The molecular formula is C15H16BrF3N4S. The zero-order chi connectivity index (χ0) is 17.7. The van der Waals surface area contributed by atoms with Crippen LogP contribution in [0.25, 0.3) is 0 Å². The van der Waals surface area contributed by atoms with Crippen molar-refractivity contribution in [3.63, 3.8) is 0 Å². The Morgan fingerprint density at radius 3 is 2.58 bits per heavy atom. The molecule has 2 N–H and O–H groups in total. The van der Waals surface area contributed by atoms with E-state index in [-0.39, 0.29) is 6.54 Å². The second-order valence-electron chi connectivity index (χ2n) is 4.97. The maximum absolute atomic E-state index is 12.5. The summed E-state index contributed by atoms with van der Waals surface area (Å²) < 4.78 is 38.6. The molecule has 0 aliphatic carbocycles. The Labute approximate surface area is 150 Å². The normalized spacial score (nSPS) is 12.3. The van der Waals surface area contributed by atoms with Crippen molar-refractivity contribution < 1.29 is 13.2 Å². The third-order valence-corrected chi connectivity index (χ3v) is 4.57. The molecule has 0 fully saturated rings. The summed E-state index contributed by atoms with van der Waals surface area (Å²) in [5.74, 6) is 0.501. The molecule has 24 heavy (non-hydrogen) atoms. The fraction of sp³-hybridized carbons (Fsp3) is 0.333. The van der Waals surface area contributed by atoms with Gasteiger partial charge in [-0.25, -0.2) is 4.98 Å². The van der Waals surface area contributed by atoms with Crippen LogP contribution in [0, 0.1) is 6.92 Å². The Morgan fingerprint density at radius 2 is 2.00 bits per heavy atom. The van der Waals surface area contributed by atoms with Crippen LogP contribution in [0.5, 0.6) is 0 Å². The van der Waals surface area contributed by atoms with Gasteiger partial charge in [-0.1, -0.05) is 22.0 Å². The monoisotopic (exact) mass is 420 g/mol. The van der Waals surface area contributed by atoms with Gasteiger partial charge in [-0.3, -0.25) is 4.99 Å². The molecule has 2 rings (SSSR count). The predicted octanol–water partition coefficient (Wildman–Crippen LogP) is 4.10. The van der Waals surface area contributed by atoms with Crippen LogP contribution < -0.4 is 10.6 Å². The zero-order valence-corrected chi connectivity index (χ0v) is 15.4. The number of halogens is 4. The number of benzene rings is 1. The van der Waals surface area contributed by atoms with E-state index in [4.69, 9.17) is 0 Å². The molecule has 0 amide bonds. The summed E-state index contributed by atoms with van der Waals surface area (Å²) in [4.78, 5) is 7.63. The van der Waals surface area contributed by atoms with Crippen molar-refractivity contribution in [2.24, 2.45) is 4.99 Å². The molecule has 0 bridgehead atoms. The van der Waals surface area contributed by atoms with Crippen LogP contribution >= 0.6 is 27.3 Å². The molecule has 1 heterocycles. The lowest BCUT2D eigenvalue weighted by Gasteiger charge is -2.12. The maximum Gasteiger partial charge on any atom is 0.434 e. The standard InChI is InChI=1S/C15H16BrF3N4S/c1-9-5-11(16)4-3-10(9)6-21-14(20-2)22-7-13-23-12(8-24-13)15(17,18)19/h3-5,8H,6-7H2,1-2H3,(H2,20,21,22). The molecule has 9 heteroatoms. The average Bonchev–Trinajstić information content (AvgIpc) is 2.98. The lowest BCUT2D eigenvalue weighted by molar-refractivity contribution is -0.140. The fourth-order valence-electron chi connectivity index (χ4n) is 1.94. The van der Waals surface area contributed by atoms with Crippen molar-refractivity contribution in [1.29, 1.82) is 0 Å². The quantitative estimate of drug-likeness (QED) is 0.578. The molecule has 0 atom stereocenters. The van der Waals surface area contributed by atoms with Crippen LogP contribution in [0.4, 0.5) is 13.2 Å². The topological polar surface area (TPSA) is 49.3 Å². The van der Waals surface area contributed by atoms with Gasteiger partial charge in [0, 0.05) is 23.4 Å². The van der Waals surface area contributed by atoms with E-state index in [1.54, 1.807) is 7.05 Å². The molecular weight excluding hydrogens is 405 g/mol. The maximum atomic E-state index is 12.5. The number of aliphatic imine (C=N–C) groups is 1. The molecule has 1 aromatic heterocycles. The van der Waals surface area contributed by atoms with Crippen LogP contribution in [-0.4, -0.2) is 18.0 Å². The van der Waals surface area contributed by atoms with E-state index in [1.165, 1.54) is 0 Å². The van der Waals surface area contributed by atoms with E-state index in [0.29, 0.717) is 17.5 Å². The second-order valence-corrected chi connectivity index (χ2v) is 6.83. The van der Waals surface area contributed by atoms with Crippen LogP contribution in [0.15, 0.2) is 33.0 Å². The summed E-state index contributed by atoms with van der Waals surface area (Å²) in [7, 11) is 1.60. The fourth-order valence-corrected chi connectivity index (χ4v) is 3.15. The number of hydrogen-bond acceptors (Lipinski definition) is 3. The van der Waals surface area contributed by atoms with Gasteiger partial charge in [0.2, 0.25) is 0 Å². The molecule has 4 nitrogen and oxygen atoms in total. The van der Waals surface area contributed by atoms with Crippen molar-refractivity contribution in [1.82, 2.24) is 15.6 Å². The molecule has 1 aromatic carbocycles.